The summed E-state index contributed by atoms with van der Waals surface area (Å²) in [6, 6.07) is 8.42. The van der Waals surface area contributed by atoms with Crippen molar-refractivity contribution in [3.63, 3.8) is 0 Å². The van der Waals surface area contributed by atoms with Crippen LogP contribution < -0.4 is 4.74 Å². The van der Waals surface area contributed by atoms with Gasteiger partial charge in [0.25, 0.3) is 5.92 Å². The molecule has 26 heavy (non-hydrogen) atoms. The molecule has 0 aromatic heterocycles. The van der Waals surface area contributed by atoms with E-state index >= 15 is 0 Å². The van der Waals surface area contributed by atoms with E-state index in [1.165, 1.54) is 24.3 Å². The zero-order chi connectivity index (χ0) is 19.3. The lowest BCUT2D eigenvalue weighted by atomic mass is 10.1. The van der Waals surface area contributed by atoms with E-state index < -0.39 is 28.3 Å². The lowest BCUT2D eigenvalue weighted by Gasteiger charge is -2.15. The summed E-state index contributed by atoms with van der Waals surface area (Å²) in [6.45, 7) is 0. The highest BCUT2D eigenvalue weighted by molar-refractivity contribution is 7.90. The number of rotatable bonds is 3. The van der Waals surface area contributed by atoms with E-state index in [1.807, 2.05) is 6.07 Å². The summed E-state index contributed by atoms with van der Waals surface area (Å²) in [4.78, 5) is -0.367. The van der Waals surface area contributed by atoms with Gasteiger partial charge in [-0.15, -0.1) is 0 Å². The molecule has 3 rings (SSSR count). The van der Waals surface area contributed by atoms with E-state index in [-0.39, 0.29) is 38.1 Å². The Kier molecular flexibility index (Phi) is 4.43. The molecule has 1 atom stereocenters. The van der Waals surface area contributed by atoms with E-state index in [0.29, 0.717) is 0 Å². The summed E-state index contributed by atoms with van der Waals surface area (Å²) >= 11 is 5.90. The molecule has 2 aromatic carbocycles. The average molecular weight is 400 g/mol. The minimum Gasteiger partial charge on any atom is -0.457 e. The molecule has 5 nitrogen and oxygen atoms in total. The van der Waals surface area contributed by atoms with Gasteiger partial charge in [0.15, 0.2) is 9.84 Å². The van der Waals surface area contributed by atoms with Crippen molar-refractivity contribution >= 4 is 21.4 Å². The lowest BCUT2D eigenvalue weighted by Crippen LogP contribution is -2.22. The third-order valence-electron chi connectivity index (χ3n) is 3.99. The lowest BCUT2D eigenvalue weighted by molar-refractivity contribution is -0.0976. The van der Waals surface area contributed by atoms with Crippen LogP contribution in [0.1, 0.15) is 22.8 Å². The normalized spacial score (nSPS) is 18.2. The zero-order valence-corrected chi connectivity index (χ0v) is 14.9. The summed E-state index contributed by atoms with van der Waals surface area (Å²) in [6.07, 6.45) is -2.24. The molecule has 1 aliphatic carbocycles. The maximum absolute atomic E-state index is 14.0. The molecule has 1 aliphatic rings. The van der Waals surface area contributed by atoms with Crippen LogP contribution in [0.2, 0.25) is 5.02 Å². The zero-order valence-electron chi connectivity index (χ0n) is 13.3. The highest BCUT2D eigenvalue weighted by Gasteiger charge is 2.50. The summed E-state index contributed by atoms with van der Waals surface area (Å²) in [5.74, 6) is -3.42. The standard InChI is InChI=1S/C17H12ClF2NO4S/c1-26(23,24)14-3-2-13(12-7-17(19,20)16(22)15(12)14)25-11-5-9(8-21)4-10(18)6-11/h2-6,16,22H,7H2,1H3/t16-/m0/s1. The quantitative estimate of drug-likeness (QED) is 0.851. The number of nitrogens with zero attached hydrogens (tertiary/aromatic N) is 1. The summed E-state index contributed by atoms with van der Waals surface area (Å²) in [5.41, 5.74) is -0.247. The van der Waals surface area contributed by atoms with Crippen molar-refractivity contribution in [3.8, 4) is 17.6 Å². The number of aliphatic hydroxyl groups is 1. The average Bonchev–Trinajstić information content (AvgIpc) is 2.77. The van der Waals surface area contributed by atoms with Gasteiger partial charge in [0.05, 0.1) is 16.5 Å². The van der Waals surface area contributed by atoms with Crippen LogP contribution in [-0.4, -0.2) is 25.7 Å². The van der Waals surface area contributed by atoms with Crippen molar-refractivity contribution in [2.45, 2.75) is 23.3 Å². The predicted molar refractivity (Wildman–Crippen MR) is 89.4 cm³/mol. The Morgan fingerprint density at radius 1 is 1.35 bits per heavy atom. The largest absolute Gasteiger partial charge is 0.457 e. The van der Waals surface area contributed by atoms with Gasteiger partial charge >= 0.3 is 0 Å². The molecule has 0 heterocycles. The number of sulfone groups is 1. The smallest absolute Gasteiger partial charge is 0.281 e. The van der Waals surface area contributed by atoms with Gasteiger partial charge in [0, 0.05) is 28.8 Å². The Morgan fingerprint density at radius 3 is 2.65 bits per heavy atom. The van der Waals surface area contributed by atoms with Crippen LogP contribution >= 0.6 is 11.6 Å². The van der Waals surface area contributed by atoms with Crippen LogP contribution in [0.3, 0.4) is 0 Å². The molecule has 0 bridgehead atoms. The number of halogens is 3. The Morgan fingerprint density at radius 2 is 2.04 bits per heavy atom. The highest BCUT2D eigenvalue weighted by Crippen LogP contribution is 2.49. The van der Waals surface area contributed by atoms with Crippen LogP contribution in [0.4, 0.5) is 8.78 Å². The van der Waals surface area contributed by atoms with Gasteiger partial charge in [-0.25, -0.2) is 17.2 Å². The molecule has 0 radical (unpaired) electrons. The van der Waals surface area contributed by atoms with Gasteiger partial charge in [-0.1, -0.05) is 11.6 Å². The van der Waals surface area contributed by atoms with Gasteiger partial charge in [0.1, 0.15) is 17.6 Å². The molecule has 0 saturated carbocycles. The Bertz CT molecular complexity index is 1050. The first-order chi connectivity index (χ1) is 12.0. The molecule has 1 N–H and O–H groups in total. The van der Waals surface area contributed by atoms with Crippen molar-refractivity contribution in [2.75, 3.05) is 6.26 Å². The molecule has 0 aliphatic heterocycles. The molecule has 0 unspecified atom stereocenters. The minimum absolute atomic E-state index is 0.0326. The van der Waals surface area contributed by atoms with E-state index in [2.05, 4.69) is 0 Å². The number of nitriles is 1. The molecule has 0 spiro atoms. The number of ether oxygens (including phenoxy) is 1. The number of benzene rings is 2. The van der Waals surface area contributed by atoms with Crippen LogP contribution in [0.25, 0.3) is 0 Å². The molecular formula is C17H12ClF2NO4S. The second-order valence-electron chi connectivity index (χ2n) is 5.96. The summed E-state index contributed by atoms with van der Waals surface area (Å²) < 4.78 is 57.4. The molecular weight excluding hydrogens is 388 g/mol. The maximum atomic E-state index is 14.0. The molecule has 9 heteroatoms. The first-order valence-electron chi connectivity index (χ1n) is 7.33. The third kappa shape index (κ3) is 3.26. The minimum atomic E-state index is -3.83. The maximum Gasteiger partial charge on any atom is 0.281 e. The van der Waals surface area contributed by atoms with Crippen molar-refractivity contribution in [1.82, 2.24) is 0 Å². The molecule has 2 aromatic rings. The van der Waals surface area contributed by atoms with Gasteiger partial charge < -0.3 is 9.84 Å². The van der Waals surface area contributed by atoms with Gasteiger partial charge in [-0.2, -0.15) is 5.26 Å². The summed E-state index contributed by atoms with van der Waals surface area (Å²) in [5, 5.41) is 19.1. The molecule has 0 amide bonds. The van der Waals surface area contributed by atoms with Gasteiger partial charge in [-0.05, 0) is 30.3 Å². The Labute approximate surface area is 153 Å². The number of hydrogen-bond acceptors (Lipinski definition) is 5. The Balaban J connectivity index is 2.15. The third-order valence-corrected chi connectivity index (χ3v) is 5.36. The van der Waals surface area contributed by atoms with Gasteiger partial charge in [0.2, 0.25) is 0 Å². The van der Waals surface area contributed by atoms with E-state index in [9.17, 15) is 22.3 Å². The number of alkyl halides is 2. The van der Waals surface area contributed by atoms with Crippen LogP contribution in [-0.2, 0) is 16.3 Å². The fourth-order valence-corrected chi connectivity index (χ4v) is 4.06. The number of hydrogen-bond donors (Lipinski definition) is 1. The van der Waals surface area contributed by atoms with Gasteiger partial charge in [-0.3, -0.25) is 0 Å². The predicted octanol–water partition coefficient (Wildman–Crippen LogP) is 3.63. The first kappa shape index (κ1) is 18.6. The first-order valence-corrected chi connectivity index (χ1v) is 9.60. The van der Waals surface area contributed by atoms with Crippen molar-refractivity contribution in [1.29, 1.82) is 5.26 Å². The second kappa shape index (κ2) is 6.20. The summed E-state index contributed by atoms with van der Waals surface area (Å²) in [7, 11) is -3.83. The topological polar surface area (TPSA) is 87.4 Å². The van der Waals surface area contributed by atoms with Crippen molar-refractivity contribution in [3.05, 3.63) is 52.0 Å². The van der Waals surface area contributed by atoms with Crippen LogP contribution in [0, 0.1) is 11.3 Å². The highest BCUT2D eigenvalue weighted by atomic mass is 35.5. The van der Waals surface area contributed by atoms with Crippen LogP contribution in [0.15, 0.2) is 35.2 Å². The van der Waals surface area contributed by atoms with Crippen molar-refractivity contribution < 1.29 is 27.0 Å². The second-order valence-corrected chi connectivity index (χ2v) is 8.38. The fraction of sp³-hybridized carbons (Fsp3) is 0.235. The molecule has 0 saturated heterocycles. The SMILES string of the molecule is CS(=O)(=O)c1ccc(Oc2cc(Cl)cc(C#N)c2)c2c1[C@H](O)C(F)(F)C2. The number of fused-ring (bicyclic) bond motifs is 1. The Hall–Kier alpha value is -2.21. The molecule has 0 fully saturated rings. The molecule has 136 valence electrons. The van der Waals surface area contributed by atoms with E-state index in [1.54, 1.807) is 0 Å². The van der Waals surface area contributed by atoms with Crippen LogP contribution in [0.5, 0.6) is 11.5 Å². The fourth-order valence-electron chi connectivity index (χ4n) is 2.88. The monoisotopic (exact) mass is 399 g/mol. The number of aliphatic hydroxyl groups excluding tert-OH is 1. The van der Waals surface area contributed by atoms with E-state index in [4.69, 9.17) is 21.6 Å². The van der Waals surface area contributed by atoms with Crippen molar-refractivity contribution in [2.24, 2.45) is 0 Å². The van der Waals surface area contributed by atoms with E-state index in [0.717, 1.165) is 12.3 Å².